The highest BCUT2D eigenvalue weighted by Gasteiger charge is 2.04. The van der Waals surface area contributed by atoms with Crippen LogP contribution in [0.5, 0.6) is 0 Å². The van der Waals surface area contributed by atoms with Gasteiger partial charge in [-0.25, -0.2) is 13.1 Å². The van der Waals surface area contributed by atoms with Gasteiger partial charge in [0, 0.05) is 6.54 Å². The van der Waals surface area contributed by atoms with Gasteiger partial charge in [-0.15, -0.1) is 0 Å². The van der Waals surface area contributed by atoms with Gasteiger partial charge < -0.3 is 0 Å². The van der Waals surface area contributed by atoms with Crippen LogP contribution in [0.4, 0.5) is 0 Å². The monoisotopic (exact) mass is 243 g/mol. The number of halogens is 1. The van der Waals surface area contributed by atoms with E-state index in [1.165, 1.54) is 0 Å². The molecule has 0 saturated heterocycles. The summed E-state index contributed by atoms with van der Waals surface area (Å²) in [6, 6.07) is 0. The molecule has 0 heterocycles. The molecule has 0 bridgehead atoms. The lowest BCUT2D eigenvalue weighted by Crippen LogP contribution is -2.25. The Bertz CT molecular complexity index is 179. The van der Waals surface area contributed by atoms with E-state index in [1.807, 2.05) is 0 Å². The van der Waals surface area contributed by atoms with Gasteiger partial charge in [0.05, 0.1) is 0 Å². The van der Waals surface area contributed by atoms with Crippen molar-refractivity contribution in [3.8, 4) is 0 Å². The van der Waals surface area contributed by atoms with Gasteiger partial charge in [-0.05, 0) is 6.42 Å². The van der Waals surface area contributed by atoms with Crippen molar-refractivity contribution >= 4 is 26.0 Å². The minimum Gasteiger partial charge on any atom is -0.215 e. The van der Waals surface area contributed by atoms with E-state index in [0.29, 0.717) is 6.54 Å². The first-order valence-electron chi connectivity index (χ1n) is 3.65. The summed E-state index contributed by atoms with van der Waals surface area (Å²) in [6.45, 7) is 2.64. The van der Waals surface area contributed by atoms with Gasteiger partial charge in [0.1, 0.15) is 4.66 Å². The van der Waals surface area contributed by atoms with E-state index in [4.69, 9.17) is 0 Å². The third kappa shape index (κ3) is 6.77. The molecule has 0 aliphatic rings. The maximum atomic E-state index is 10.8. The molecule has 0 aromatic rings. The number of alkyl halides is 1. The molecule has 0 radical (unpaired) electrons. The number of sulfonamides is 1. The van der Waals surface area contributed by atoms with Crippen LogP contribution in [0.1, 0.15) is 26.2 Å². The van der Waals surface area contributed by atoms with Crippen molar-refractivity contribution in [1.29, 1.82) is 0 Å². The van der Waals surface area contributed by atoms with Crippen molar-refractivity contribution in [3.63, 3.8) is 0 Å². The van der Waals surface area contributed by atoms with E-state index < -0.39 is 10.0 Å². The molecule has 0 saturated carbocycles. The van der Waals surface area contributed by atoms with Crippen molar-refractivity contribution in [1.82, 2.24) is 4.72 Å². The minimum atomic E-state index is -3.03. The second kappa shape index (κ2) is 5.97. The summed E-state index contributed by atoms with van der Waals surface area (Å²) in [7, 11) is -3.03. The number of unbranched alkanes of at least 4 members (excludes halogenated alkanes) is 2. The van der Waals surface area contributed by atoms with Crippen LogP contribution in [0.15, 0.2) is 0 Å². The van der Waals surface area contributed by atoms with Crippen molar-refractivity contribution in [2.45, 2.75) is 26.2 Å². The lowest BCUT2D eigenvalue weighted by Gasteiger charge is -2.01. The minimum absolute atomic E-state index is 0.00781. The van der Waals surface area contributed by atoms with Crippen LogP contribution < -0.4 is 4.72 Å². The van der Waals surface area contributed by atoms with Crippen LogP contribution in [0.25, 0.3) is 0 Å². The standard InChI is InChI=1S/C6H14BrNO2S/c1-2-3-4-5-8-11(9,10)6-7/h8H,2-6H2,1H3. The Balaban J connectivity index is 3.39. The van der Waals surface area contributed by atoms with Crippen LogP contribution in [0.2, 0.25) is 0 Å². The molecule has 11 heavy (non-hydrogen) atoms. The van der Waals surface area contributed by atoms with E-state index in [-0.39, 0.29) is 4.66 Å². The largest absolute Gasteiger partial charge is 0.221 e. The third-order valence-electron chi connectivity index (χ3n) is 1.25. The number of hydrogen-bond acceptors (Lipinski definition) is 2. The quantitative estimate of drug-likeness (QED) is 0.567. The lowest BCUT2D eigenvalue weighted by atomic mass is 10.3. The molecule has 1 N–H and O–H groups in total. The van der Waals surface area contributed by atoms with Crippen LogP contribution in [0.3, 0.4) is 0 Å². The molecule has 0 unspecified atom stereocenters. The van der Waals surface area contributed by atoms with Gasteiger partial charge >= 0.3 is 0 Å². The zero-order valence-electron chi connectivity index (χ0n) is 6.64. The molecular weight excluding hydrogens is 230 g/mol. The molecule has 0 aliphatic heterocycles. The summed E-state index contributed by atoms with van der Waals surface area (Å²) >= 11 is 2.89. The summed E-state index contributed by atoms with van der Waals surface area (Å²) in [5, 5.41) is 0. The maximum absolute atomic E-state index is 10.8. The summed E-state index contributed by atoms with van der Waals surface area (Å²) in [5.41, 5.74) is 0. The fraction of sp³-hybridized carbons (Fsp3) is 1.00. The average molecular weight is 244 g/mol. The molecule has 0 amide bonds. The van der Waals surface area contributed by atoms with Crippen molar-refractivity contribution in [2.24, 2.45) is 0 Å². The number of hydrogen-bond donors (Lipinski definition) is 1. The van der Waals surface area contributed by atoms with Crippen LogP contribution in [-0.4, -0.2) is 19.6 Å². The van der Waals surface area contributed by atoms with E-state index in [0.717, 1.165) is 19.3 Å². The normalized spacial score (nSPS) is 11.8. The summed E-state index contributed by atoms with van der Waals surface area (Å²) < 4.78 is 24.1. The maximum Gasteiger partial charge on any atom is 0.221 e. The first-order chi connectivity index (χ1) is 5.12. The fourth-order valence-corrected chi connectivity index (χ4v) is 1.66. The first-order valence-corrected chi connectivity index (χ1v) is 6.43. The Morgan fingerprint density at radius 3 is 2.45 bits per heavy atom. The first kappa shape index (κ1) is 11.4. The van der Waals surface area contributed by atoms with Crippen molar-refractivity contribution in [3.05, 3.63) is 0 Å². The third-order valence-corrected chi connectivity index (χ3v) is 3.99. The van der Waals surface area contributed by atoms with E-state index in [1.54, 1.807) is 0 Å². The van der Waals surface area contributed by atoms with Crippen LogP contribution in [-0.2, 0) is 10.0 Å². The Kier molecular flexibility index (Phi) is 6.18. The zero-order chi connectivity index (χ0) is 8.74. The highest BCUT2D eigenvalue weighted by molar-refractivity contribution is 9.10. The topological polar surface area (TPSA) is 46.2 Å². The zero-order valence-corrected chi connectivity index (χ0v) is 9.04. The fourth-order valence-electron chi connectivity index (χ4n) is 0.641. The van der Waals surface area contributed by atoms with Gasteiger partial charge in [-0.3, -0.25) is 0 Å². The predicted octanol–water partition coefficient (Wildman–Crippen LogP) is 1.45. The lowest BCUT2D eigenvalue weighted by molar-refractivity contribution is 0.581. The van der Waals surface area contributed by atoms with Gasteiger partial charge in [-0.2, -0.15) is 0 Å². The smallest absolute Gasteiger partial charge is 0.215 e. The van der Waals surface area contributed by atoms with Gasteiger partial charge in [0.2, 0.25) is 10.0 Å². The van der Waals surface area contributed by atoms with E-state index in [9.17, 15) is 8.42 Å². The SMILES string of the molecule is CCCCCNS(=O)(=O)CBr. The summed E-state index contributed by atoms with van der Waals surface area (Å²) in [6.07, 6.45) is 3.10. The van der Waals surface area contributed by atoms with Crippen LogP contribution in [0, 0.1) is 0 Å². The van der Waals surface area contributed by atoms with Crippen molar-refractivity contribution in [2.75, 3.05) is 11.2 Å². The molecule has 68 valence electrons. The Morgan fingerprint density at radius 1 is 1.36 bits per heavy atom. The Hall–Kier alpha value is 0.390. The van der Waals surface area contributed by atoms with Gasteiger partial charge in [-0.1, -0.05) is 35.7 Å². The molecule has 0 aromatic heterocycles. The second-order valence-electron chi connectivity index (χ2n) is 2.33. The molecule has 5 heteroatoms. The predicted molar refractivity (Wildman–Crippen MR) is 50.2 cm³/mol. The molecule has 0 rings (SSSR count). The molecule has 0 aromatic carbocycles. The molecular formula is C6H14BrNO2S. The molecule has 0 atom stereocenters. The molecule has 3 nitrogen and oxygen atoms in total. The second-order valence-corrected chi connectivity index (χ2v) is 5.44. The average Bonchev–Trinajstić information content (AvgIpc) is 1.99. The van der Waals surface area contributed by atoms with E-state index >= 15 is 0 Å². The molecule has 0 fully saturated rings. The van der Waals surface area contributed by atoms with Gasteiger partial charge in [0.25, 0.3) is 0 Å². The Morgan fingerprint density at radius 2 is 2.00 bits per heavy atom. The number of nitrogens with one attached hydrogen (secondary N) is 1. The highest BCUT2D eigenvalue weighted by atomic mass is 79.9. The molecule has 0 aliphatic carbocycles. The summed E-state index contributed by atoms with van der Waals surface area (Å²) in [5.74, 6) is 0. The Labute approximate surface area is 76.7 Å². The highest BCUT2D eigenvalue weighted by Crippen LogP contribution is 1.94. The molecule has 0 spiro atoms. The van der Waals surface area contributed by atoms with Gasteiger partial charge in [0.15, 0.2) is 0 Å². The summed E-state index contributed by atoms with van der Waals surface area (Å²) in [4.78, 5) is 0. The van der Waals surface area contributed by atoms with Crippen LogP contribution >= 0.6 is 15.9 Å². The van der Waals surface area contributed by atoms with E-state index in [2.05, 4.69) is 27.6 Å². The van der Waals surface area contributed by atoms with Crippen molar-refractivity contribution < 1.29 is 8.42 Å². The number of rotatable bonds is 6.